The summed E-state index contributed by atoms with van der Waals surface area (Å²) in [7, 11) is 0. The molecule has 6 nitrogen and oxygen atoms in total. The number of anilines is 1. The summed E-state index contributed by atoms with van der Waals surface area (Å²) in [5, 5.41) is 3.10. The van der Waals surface area contributed by atoms with Crippen molar-refractivity contribution < 1.29 is 18.3 Å². The molecule has 140 valence electrons. The Morgan fingerprint density at radius 1 is 1.19 bits per heavy atom. The average molecular weight is 369 g/mol. The number of nitrogens with one attached hydrogen (secondary N) is 1. The van der Waals surface area contributed by atoms with E-state index in [1.54, 1.807) is 4.90 Å². The lowest BCUT2D eigenvalue weighted by atomic mass is 10.0. The number of hydrogen-bond donors (Lipinski definition) is 1. The first kappa shape index (κ1) is 17.5. The summed E-state index contributed by atoms with van der Waals surface area (Å²) in [5.41, 5.74) is 1.91. The zero-order valence-corrected chi connectivity index (χ0v) is 14.7. The number of benzene rings is 2. The standard InChI is InChI=1S/C20H20FN3O3/c21-15-6-7-18-16(13-15)22-20(27-18)23-17(12-14-4-2-1-3-5-14)19(25)24-8-10-26-11-9-24/h1-7,13,17H,8-12H2,(H,22,23). The Hall–Kier alpha value is -2.93. The van der Waals surface area contributed by atoms with Crippen molar-refractivity contribution in [1.82, 2.24) is 9.88 Å². The molecule has 7 heteroatoms. The molecule has 1 aliphatic heterocycles. The number of fused-ring (bicyclic) bond motifs is 1. The third-order valence-electron chi connectivity index (χ3n) is 4.55. The summed E-state index contributed by atoms with van der Waals surface area (Å²) in [5.74, 6) is -0.414. The molecule has 1 unspecified atom stereocenters. The van der Waals surface area contributed by atoms with Crippen LogP contribution in [0.1, 0.15) is 5.56 Å². The Morgan fingerprint density at radius 2 is 1.96 bits per heavy atom. The van der Waals surface area contributed by atoms with Crippen molar-refractivity contribution in [3.63, 3.8) is 0 Å². The zero-order chi connectivity index (χ0) is 18.6. The van der Waals surface area contributed by atoms with Crippen molar-refractivity contribution in [2.24, 2.45) is 0 Å². The van der Waals surface area contributed by atoms with E-state index in [0.717, 1.165) is 5.56 Å². The predicted molar refractivity (Wildman–Crippen MR) is 98.9 cm³/mol. The van der Waals surface area contributed by atoms with Gasteiger partial charge < -0.3 is 19.4 Å². The second-order valence-electron chi connectivity index (χ2n) is 6.46. The van der Waals surface area contributed by atoms with Crippen LogP contribution >= 0.6 is 0 Å². The summed E-state index contributed by atoms with van der Waals surface area (Å²) in [4.78, 5) is 19.1. The van der Waals surface area contributed by atoms with Gasteiger partial charge in [0.2, 0.25) is 5.91 Å². The minimum absolute atomic E-state index is 0.0319. The largest absolute Gasteiger partial charge is 0.424 e. The second-order valence-corrected chi connectivity index (χ2v) is 6.46. The number of carbonyl (C=O) groups is 1. The fourth-order valence-corrected chi connectivity index (χ4v) is 3.17. The smallest absolute Gasteiger partial charge is 0.296 e. The van der Waals surface area contributed by atoms with E-state index in [9.17, 15) is 9.18 Å². The quantitative estimate of drug-likeness (QED) is 0.749. The molecule has 0 bridgehead atoms. The van der Waals surface area contributed by atoms with Crippen molar-refractivity contribution in [3.05, 3.63) is 59.9 Å². The molecule has 3 aromatic rings. The van der Waals surface area contributed by atoms with Gasteiger partial charge in [0.05, 0.1) is 13.2 Å². The Morgan fingerprint density at radius 3 is 2.74 bits per heavy atom. The van der Waals surface area contributed by atoms with Gasteiger partial charge in [-0.15, -0.1) is 0 Å². The Bertz CT molecular complexity index is 923. The molecule has 1 N–H and O–H groups in total. The van der Waals surface area contributed by atoms with Crippen LogP contribution in [0.3, 0.4) is 0 Å². The van der Waals surface area contributed by atoms with Crippen LogP contribution in [0.4, 0.5) is 10.4 Å². The van der Waals surface area contributed by atoms with Gasteiger partial charge in [-0.3, -0.25) is 4.79 Å². The summed E-state index contributed by atoms with van der Waals surface area (Å²) < 4.78 is 24.4. The number of oxazole rings is 1. The van der Waals surface area contributed by atoms with Crippen molar-refractivity contribution in [1.29, 1.82) is 0 Å². The first-order chi connectivity index (χ1) is 13.2. The third kappa shape index (κ3) is 4.09. The topological polar surface area (TPSA) is 67.6 Å². The lowest BCUT2D eigenvalue weighted by Crippen LogP contribution is -2.48. The number of rotatable bonds is 5. The maximum atomic E-state index is 13.4. The molecule has 1 amide bonds. The maximum absolute atomic E-state index is 13.4. The molecule has 4 rings (SSSR count). The number of ether oxygens (including phenoxy) is 1. The van der Waals surface area contributed by atoms with Crippen LogP contribution in [0.15, 0.2) is 52.9 Å². The van der Waals surface area contributed by atoms with Crippen LogP contribution in [0, 0.1) is 5.82 Å². The summed E-state index contributed by atoms with van der Waals surface area (Å²) in [6.07, 6.45) is 0.490. The van der Waals surface area contributed by atoms with Crippen molar-refractivity contribution in [2.45, 2.75) is 12.5 Å². The van der Waals surface area contributed by atoms with Crippen molar-refractivity contribution >= 4 is 23.0 Å². The number of aromatic nitrogens is 1. The number of carbonyl (C=O) groups excluding carboxylic acids is 1. The number of hydrogen-bond acceptors (Lipinski definition) is 5. The molecule has 0 saturated carbocycles. The Balaban J connectivity index is 1.58. The van der Waals surface area contributed by atoms with Gasteiger partial charge in [-0.1, -0.05) is 30.3 Å². The average Bonchev–Trinajstić information content (AvgIpc) is 3.10. The van der Waals surface area contributed by atoms with Crippen LogP contribution in [-0.4, -0.2) is 48.1 Å². The van der Waals surface area contributed by atoms with Crippen molar-refractivity contribution in [2.75, 3.05) is 31.6 Å². The Kier molecular flexibility index (Phi) is 5.02. The summed E-state index contributed by atoms with van der Waals surface area (Å²) >= 11 is 0. The number of nitrogens with zero attached hydrogens (tertiary/aromatic N) is 2. The fraction of sp³-hybridized carbons (Fsp3) is 0.300. The minimum atomic E-state index is -0.539. The molecule has 0 radical (unpaired) electrons. The van der Waals surface area contributed by atoms with E-state index in [-0.39, 0.29) is 17.7 Å². The minimum Gasteiger partial charge on any atom is -0.424 e. The van der Waals surface area contributed by atoms with Gasteiger partial charge in [0.15, 0.2) is 5.58 Å². The second kappa shape index (κ2) is 7.75. The van der Waals surface area contributed by atoms with Crippen molar-refractivity contribution in [3.8, 4) is 0 Å². The zero-order valence-electron chi connectivity index (χ0n) is 14.7. The van der Waals surface area contributed by atoms with Crippen LogP contribution in [0.25, 0.3) is 11.1 Å². The van der Waals surface area contributed by atoms with E-state index >= 15 is 0 Å². The summed E-state index contributed by atoms with van der Waals surface area (Å²) in [6.45, 7) is 2.19. The van der Waals surface area contributed by atoms with E-state index < -0.39 is 6.04 Å². The van der Waals surface area contributed by atoms with E-state index in [1.165, 1.54) is 18.2 Å². The molecule has 1 saturated heterocycles. The molecule has 27 heavy (non-hydrogen) atoms. The predicted octanol–water partition coefficient (Wildman–Crippen LogP) is 2.85. The van der Waals surface area contributed by atoms with Gasteiger partial charge in [-0.05, 0) is 17.7 Å². The lowest BCUT2D eigenvalue weighted by Gasteiger charge is -2.30. The number of morpholine rings is 1. The number of amides is 1. The van der Waals surface area contributed by atoms with E-state index in [1.807, 2.05) is 30.3 Å². The molecular formula is C20H20FN3O3. The van der Waals surface area contributed by atoms with E-state index in [4.69, 9.17) is 9.15 Å². The molecule has 0 spiro atoms. The fourth-order valence-electron chi connectivity index (χ4n) is 3.17. The first-order valence-electron chi connectivity index (χ1n) is 8.92. The monoisotopic (exact) mass is 369 g/mol. The molecule has 2 heterocycles. The van der Waals surface area contributed by atoms with Crippen LogP contribution in [0.2, 0.25) is 0 Å². The van der Waals surface area contributed by atoms with E-state index in [2.05, 4.69) is 10.3 Å². The molecule has 1 fully saturated rings. The Labute approximate surface area is 155 Å². The molecule has 1 aromatic heterocycles. The van der Waals surface area contributed by atoms with Crippen LogP contribution in [0.5, 0.6) is 0 Å². The summed E-state index contributed by atoms with van der Waals surface area (Å²) in [6, 6.07) is 13.6. The number of halogens is 1. The molecule has 2 aromatic carbocycles. The van der Waals surface area contributed by atoms with Gasteiger partial charge in [-0.2, -0.15) is 4.98 Å². The maximum Gasteiger partial charge on any atom is 0.296 e. The normalized spacial score (nSPS) is 15.7. The highest BCUT2D eigenvalue weighted by Gasteiger charge is 2.27. The van der Waals surface area contributed by atoms with Gasteiger partial charge in [-0.25, -0.2) is 4.39 Å². The highest BCUT2D eigenvalue weighted by atomic mass is 19.1. The molecule has 1 atom stereocenters. The van der Waals surface area contributed by atoms with Gasteiger partial charge in [0.1, 0.15) is 17.4 Å². The molecule has 0 aliphatic carbocycles. The molecule has 1 aliphatic rings. The lowest BCUT2D eigenvalue weighted by molar-refractivity contribution is -0.136. The van der Waals surface area contributed by atoms with Gasteiger partial charge in [0.25, 0.3) is 6.01 Å². The highest BCUT2D eigenvalue weighted by molar-refractivity contribution is 5.85. The third-order valence-corrected chi connectivity index (χ3v) is 4.55. The first-order valence-corrected chi connectivity index (χ1v) is 8.92. The van der Waals surface area contributed by atoms with E-state index in [0.29, 0.717) is 43.8 Å². The van der Waals surface area contributed by atoms with Gasteiger partial charge in [0, 0.05) is 25.6 Å². The SMILES string of the molecule is O=C(C(Cc1ccccc1)Nc1nc2cc(F)ccc2o1)N1CCOCC1. The van der Waals surface area contributed by atoms with Crippen LogP contribution in [-0.2, 0) is 16.0 Å². The van der Waals surface area contributed by atoms with Gasteiger partial charge >= 0.3 is 0 Å². The van der Waals surface area contributed by atoms with Crippen LogP contribution < -0.4 is 5.32 Å². The molecular weight excluding hydrogens is 349 g/mol. The highest BCUT2D eigenvalue weighted by Crippen LogP contribution is 2.21.